The van der Waals surface area contributed by atoms with Crippen molar-refractivity contribution in [2.24, 2.45) is 0 Å². The predicted molar refractivity (Wildman–Crippen MR) is 121 cm³/mol. The molecule has 38 heavy (non-hydrogen) atoms. The second-order valence-corrected chi connectivity index (χ2v) is 10.0. The molecule has 0 spiro atoms. The first-order chi connectivity index (χ1) is 17.5. The van der Waals surface area contributed by atoms with E-state index in [0.717, 1.165) is 40.7 Å². The van der Waals surface area contributed by atoms with Crippen LogP contribution in [0.1, 0.15) is 13.8 Å². The zero-order valence-electron chi connectivity index (χ0n) is 19.7. The number of halogens is 6. The molecule has 0 aromatic heterocycles. The lowest BCUT2D eigenvalue weighted by molar-refractivity contribution is -0.308. The molecule has 1 aliphatic rings. The van der Waals surface area contributed by atoms with Crippen molar-refractivity contribution in [3.63, 3.8) is 0 Å². The molecule has 0 aliphatic carbocycles. The molecule has 0 saturated heterocycles. The van der Waals surface area contributed by atoms with Gasteiger partial charge in [-0.1, -0.05) is 0 Å². The molecular weight excluding hydrogens is 548 g/mol. The Kier molecular flexibility index (Phi) is 8.04. The van der Waals surface area contributed by atoms with Crippen molar-refractivity contribution in [3.05, 3.63) is 48.3 Å². The molecule has 208 valence electrons. The summed E-state index contributed by atoms with van der Waals surface area (Å²) in [5, 5.41) is 4.47. The number of carbonyl (C=O) groups is 2. The Hall–Kier alpha value is -3.69. The monoisotopic (exact) mass is 569 g/mol. The van der Waals surface area contributed by atoms with Gasteiger partial charge in [-0.05, 0) is 49.4 Å². The maximum atomic E-state index is 13.4. The number of alkyl halides is 5. The van der Waals surface area contributed by atoms with Crippen LogP contribution in [0.3, 0.4) is 0 Å². The minimum Gasteiger partial charge on any atom is -0.484 e. The van der Waals surface area contributed by atoms with Crippen molar-refractivity contribution in [1.82, 2.24) is 5.32 Å². The SMILES string of the molecule is CC(=O)NC[C@H]1CN(S(=O)(=O)c2ccc(F)cc2)c2cc(NC(=O)O[C@H](C)C(F)(F)C(F)(F)F)ccc2O1. The fraction of sp³-hybridized carbons (Fsp3) is 0.364. The van der Waals surface area contributed by atoms with Crippen LogP contribution in [-0.2, 0) is 19.6 Å². The molecular formula is C22H21F6N3O6S. The fourth-order valence-electron chi connectivity index (χ4n) is 3.33. The van der Waals surface area contributed by atoms with Gasteiger partial charge < -0.3 is 14.8 Å². The number of sulfonamides is 1. The van der Waals surface area contributed by atoms with Gasteiger partial charge in [-0.2, -0.15) is 22.0 Å². The third kappa shape index (κ3) is 6.23. The summed E-state index contributed by atoms with van der Waals surface area (Å²) in [6, 6.07) is 7.33. The maximum Gasteiger partial charge on any atom is 0.457 e. The van der Waals surface area contributed by atoms with Crippen LogP contribution < -0.4 is 19.7 Å². The Morgan fingerprint density at radius 2 is 1.76 bits per heavy atom. The van der Waals surface area contributed by atoms with Crippen LogP contribution in [0.5, 0.6) is 5.75 Å². The van der Waals surface area contributed by atoms with E-state index in [1.54, 1.807) is 0 Å². The van der Waals surface area contributed by atoms with Crippen molar-refractivity contribution in [2.45, 2.75) is 43.0 Å². The number of nitrogens with one attached hydrogen (secondary N) is 2. The van der Waals surface area contributed by atoms with Gasteiger partial charge in [0.2, 0.25) is 5.91 Å². The first kappa shape index (κ1) is 28.9. The molecule has 2 amide bonds. The summed E-state index contributed by atoms with van der Waals surface area (Å²) in [6.45, 7) is 1.18. The van der Waals surface area contributed by atoms with Gasteiger partial charge in [0.25, 0.3) is 10.0 Å². The van der Waals surface area contributed by atoms with Gasteiger partial charge in [-0.25, -0.2) is 17.6 Å². The van der Waals surface area contributed by atoms with Crippen molar-refractivity contribution in [3.8, 4) is 5.75 Å². The van der Waals surface area contributed by atoms with E-state index >= 15 is 0 Å². The molecule has 2 aromatic carbocycles. The summed E-state index contributed by atoms with van der Waals surface area (Å²) in [5.41, 5.74) is -0.362. The van der Waals surface area contributed by atoms with Gasteiger partial charge in [0, 0.05) is 12.6 Å². The molecule has 1 heterocycles. The maximum absolute atomic E-state index is 13.4. The van der Waals surface area contributed by atoms with Crippen LogP contribution in [0.2, 0.25) is 0 Å². The first-order valence-electron chi connectivity index (χ1n) is 10.8. The topological polar surface area (TPSA) is 114 Å². The highest BCUT2D eigenvalue weighted by Gasteiger charge is 2.62. The molecule has 2 N–H and O–H groups in total. The molecule has 3 rings (SSSR count). The van der Waals surface area contributed by atoms with E-state index in [2.05, 4.69) is 10.1 Å². The third-order valence-electron chi connectivity index (χ3n) is 5.29. The van der Waals surface area contributed by atoms with Crippen LogP contribution in [0.15, 0.2) is 47.4 Å². The minimum absolute atomic E-state index is 0.0202. The standard InChI is InChI=1S/C22H21F6N3O6S/c1-12(21(24,25)22(26,27)28)36-20(33)30-15-5-8-19-18(9-15)31(11-16(37-19)10-29-13(2)32)38(34,35)17-6-3-14(23)4-7-17/h3-9,12,16H,10-11H2,1-2H3,(H,29,32)(H,30,33)/t12-,16+/m1/s1. The fourth-order valence-corrected chi connectivity index (χ4v) is 4.83. The zero-order valence-corrected chi connectivity index (χ0v) is 20.5. The van der Waals surface area contributed by atoms with E-state index in [9.17, 15) is 44.3 Å². The average Bonchev–Trinajstić information content (AvgIpc) is 2.81. The number of rotatable bonds is 7. The smallest absolute Gasteiger partial charge is 0.457 e. The van der Waals surface area contributed by atoms with Crippen molar-refractivity contribution >= 4 is 33.4 Å². The molecule has 0 unspecified atom stereocenters. The van der Waals surface area contributed by atoms with Crippen LogP contribution in [0.25, 0.3) is 0 Å². The van der Waals surface area contributed by atoms with Gasteiger partial charge >= 0.3 is 18.2 Å². The minimum atomic E-state index is -5.96. The Balaban J connectivity index is 1.91. The molecule has 2 atom stereocenters. The molecule has 0 fully saturated rings. The van der Waals surface area contributed by atoms with Crippen LogP contribution in [0.4, 0.5) is 42.5 Å². The van der Waals surface area contributed by atoms with Gasteiger partial charge in [0.05, 0.1) is 23.7 Å². The van der Waals surface area contributed by atoms with Gasteiger partial charge in [0.1, 0.15) is 17.7 Å². The summed E-state index contributed by atoms with van der Waals surface area (Å²) >= 11 is 0. The largest absolute Gasteiger partial charge is 0.484 e. The second kappa shape index (κ2) is 10.6. The lowest BCUT2D eigenvalue weighted by Crippen LogP contribution is -2.48. The number of amides is 2. The highest BCUT2D eigenvalue weighted by atomic mass is 32.2. The molecule has 0 bridgehead atoms. The van der Waals surface area contributed by atoms with E-state index in [0.29, 0.717) is 6.92 Å². The second-order valence-electron chi connectivity index (χ2n) is 8.14. The highest BCUT2D eigenvalue weighted by Crippen LogP contribution is 2.40. The van der Waals surface area contributed by atoms with E-state index in [4.69, 9.17) is 4.74 Å². The lowest BCUT2D eigenvalue weighted by Gasteiger charge is -2.35. The van der Waals surface area contributed by atoms with Gasteiger partial charge in [0.15, 0.2) is 6.10 Å². The summed E-state index contributed by atoms with van der Waals surface area (Å²) in [4.78, 5) is 23.0. The Morgan fingerprint density at radius 1 is 1.13 bits per heavy atom. The Labute approximate surface area is 212 Å². The molecule has 16 heteroatoms. The summed E-state index contributed by atoms with van der Waals surface area (Å²) in [6.07, 6.45) is -11.3. The summed E-state index contributed by atoms with van der Waals surface area (Å²) in [5.74, 6) is -6.44. The van der Waals surface area contributed by atoms with Crippen LogP contribution >= 0.6 is 0 Å². The molecule has 0 saturated carbocycles. The van der Waals surface area contributed by atoms with Crippen LogP contribution in [-0.4, -0.2) is 57.8 Å². The van der Waals surface area contributed by atoms with Gasteiger partial charge in [-0.3, -0.25) is 14.4 Å². The number of nitrogens with zero attached hydrogens (tertiary/aromatic N) is 1. The van der Waals surface area contributed by atoms with Crippen molar-refractivity contribution < 1.29 is 53.8 Å². The van der Waals surface area contributed by atoms with Gasteiger partial charge in [-0.15, -0.1) is 0 Å². The lowest BCUT2D eigenvalue weighted by atomic mass is 10.2. The van der Waals surface area contributed by atoms with E-state index < -0.39 is 52.1 Å². The van der Waals surface area contributed by atoms with Crippen molar-refractivity contribution in [2.75, 3.05) is 22.7 Å². The molecule has 2 aromatic rings. The van der Waals surface area contributed by atoms with Crippen molar-refractivity contribution in [1.29, 1.82) is 0 Å². The predicted octanol–water partition coefficient (Wildman–Crippen LogP) is 4.05. The molecule has 0 radical (unpaired) electrons. The third-order valence-corrected chi connectivity index (χ3v) is 7.08. The Bertz CT molecular complexity index is 1300. The normalized spacial score (nSPS) is 16.6. The highest BCUT2D eigenvalue weighted by molar-refractivity contribution is 7.92. The Morgan fingerprint density at radius 3 is 2.34 bits per heavy atom. The molecule has 9 nitrogen and oxygen atoms in total. The number of carbonyl (C=O) groups excluding carboxylic acids is 2. The first-order valence-corrected chi connectivity index (χ1v) is 12.2. The zero-order chi connectivity index (χ0) is 28.5. The molecule has 1 aliphatic heterocycles. The number of benzene rings is 2. The number of fused-ring (bicyclic) bond motifs is 1. The number of anilines is 2. The van der Waals surface area contributed by atoms with E-state index in [1.807, 2.05) is 5.32 Å². The van der Waals surface area contributed by atoms with Crippen LogP contribution in [0, 0.1) is 5.82 Å². The average molecular weight is 569 g/mol. The number of ether oxygens (including phenoxy) is 2. The number of hydrogen-bond donors (Lipinski definition) is 2. The summed E-state index contributed by atoms with van der Waals surface area (Å²) in [7, 11) is -4.36. The van der Waals surface area contributed by atoms with E-state index in [1.165, 1.54) is 13.0 Å². The summed E-state index contributed by atoms with van der Waals surface area (Å²) < 4.78 is 115. The van der Waals surface area contributed by atoms with E-state index in [-0.39, 0.29) is 35.1 Å². The number of hydrogen-bond acceptors (Lipinski definition) is 6. The quantitative estimate of drug-likeness (QED) is 0.487.